The van der Waals surface area contributed by atoms with Crippen molar-refractivity contribution in [2.24, 2.45) is 5.41 Å². The smallest absolute Gasteiger partial charge is 0.0494 e. The second kappa shape index (κ2) is 4.91. The van der Waals surface area contributed by atoms with Crippen LogP contribution in [0.2, 0.25) is 0 Å². The first-order chi connectivity index (χ1) is 6.53. The number of rotatable bonds is 5. The molecular formula is C11H19NOS. The van der Waals surface area contributed by atoms with Crippen LogP contribution >= 0.6 is 11.3 Å². The predicted octanol–water partition coefficient (Wildman–Crippen LogP) is 2.16. The molecule has 1 heterocycles. The molecule has 0 amide bonds. The standard InChI is InChI=1S/C11H19NOS/c1-9-4-5-10(14-9)6-12-7-11(2,3)8-13/h4-5,12-13H,6-8H2,1-3H3. The summed E-state index contributed by atoms with van der Waals surface area (Å²) in [5, 5.41) is 12.4. The third-order valence-electron chi connectivity index (χ3n) is 2.13. The number of aliphatic hydroxyl groups is 1. The van der Waals surface area contributed by atoms with Gasteiger partial charge >= 0.3 is 0 Å². The summed E-state index contributed by atoms with van der Waals surface area (Å²) in [6.45, 7) is 8.21. The van der Waals surface area contributed by atoms with Crippen LogP contribution in [0, 0.1) is 12.3 Å². The molecule has 2 N–H and O–H groups in total. The summed E-state index contributed by atoms with van der Waals surface area (Å²) in [7, 11) is 0. The van der Waals surface area contributed by atoms with Crippen molar-refractivity contribution in [3.05, 3.63) is 21.9 Å². The van der Waals surface area contributed by atoms with Gasteiger partial charge in [0.1, 0.15) is 0 Å². The molecule has 0 radical (unpaired) electrons. The maximum Gasteiger partial charge on any atom is 0.0494 e. The summed E-state index contributed by atoms with van der Waals surface area (Å²) in [4.78, 5) is 2.71. The van der Waals surface area contributed by atoms with Gasteiger partial charge in [0.15, 0.2) is 0 Å². The van der Waals surface area contributed by atoms with Gasteiger partial charge < -0.3 is 10.4 Å². The molecule has 1 aromatic rings. The quantitative estimate of drug-likeness (QED) is 0.785. The SMILES string of the molecule is Cc1ccc(CNCC(C)(C)CO)s1. The molecule has 1 aromatic heterocycles. The van der Waals surface area contributed by atoms with Crippen LogP contribution in [0.25, 0.3) is 0 Å². The summed E-state index contributed by atoms with van der Waals surface area (Å²) >= 11 is 1.82. The largest absolute Gasteiger partial charge is 0.396 e. The number of hydrogen-bond donors (Lipinski definition) is 2. The zero-order valence-corrected chi connectivity index (χ0v) is 9.95. The van der Waals surface area contributed by atoms with E-state index in [0.717, 1.165) is 13.1 Å². The summed E-state index contributed by atoms with van der Waals surface area (Å²) in [5.74, 6) is 0. The third-order valence-corrected chi connectivity index (χ3v) is 3.13. The topological polar surface area (TPSA) is 32.3 Å². The normalized spacial score (nSPS) is 12.0. The predicted molar refractivity (Wildman–Crippen MR) is 61.6 cm³/mol. The number of nitrogens with one attached hydrogen (secondary N) is 1. The number of aryl methyl sites for hydroxylation is 1. The molecule has 0 unspecified atom stereocenters. The Morgan fingerprint density at radius 2 is 2.14 bits per heavy atom. The van der Waals surface area contributed by atoms with Crippen molar-refractivity contribution in [3.63, 3.8) is 0 Å². The average molecular weight is 213 g/mol. The van der Waals surface area contributed by atoms with Gasteiger partial charge in [-0.25, -0.2) is 0 Å². The lowest BCUT2D eigenvalue weighted by Crippen LogP contribution is -2.31. The second-order valence-corrected chi connectivity index (χ2v) is 5.81. The van der Waals surface area contributed by atoms with Gasteiger partial charge in [0.2, 0.25) is 0 Å². The van der Waals surface area contributed by atoms with Gasteiger partial charge in [0.05, 0.1) is 0 Å². The van der Waals surface area contributed by atoms with E-state index in [1.807, 2.05) is 11.3 Å². The molecule has 14 heavy (non-hydrogen) atoms. The van der Waals surface area contributed by atoms with Crippen molar-refractivity contribution in [3.8, 4) is 0 Å². The van der Waals surface area contributed by atoms with E-state index >= 15 is 0 Å². The third kappa shape index (κ3) is 3.78. The fourth-order valence-corrected chi connectivity index (χ4v) is 2.02. The monoisotopic (exact) mass is 213 g/mol. The van der Waals surface area contributed by atoms with Gasteiger partial charge in [-0.2, -0.15) is 0 Å². The van der Waals surface area contributed by atoms with Crippen LogP contribution in [0.3, 0.4) is 0 Å². The zero-order valence-electron chi connectivity index (χ0n) is 9.13. The van der Waals surface area contributed by atoms with Crippen LogP contribution in [0.1, 0.15) is 23.6 Å². The van der Waals surface area contributed by atoms with Crippen LogP contribution in [0.4, 0.5) is 0 Å². The molecule has 0 spiro atoms. The molecule has 0 saturated carbocycles. The molecular weight excluding hydrogens is 194 g/mol. The molecule has 80 valence electrons. The Labute approximate surface area is 90.0 Å². The lowest BCUT2D eigenvalue weighted by Gasteiger charge is -2.21. The Morgan fingerprint density at radius 1 is 1.43 bits per heavy atom. The Balaban J connectivity index is 2.28. The molecule has 0 aliphatic rings. The number of hydrogen-bond acceptors (Lipinski definition) is 3. The van der Waals surface area contributed by atoms with E-state index in [1.165, 1.54) is 9.75 Å². The van der Waals surface area contributed by atoms with Crippen molar-refractivity contribution in [1.29, 1.82) is 0 Å². The molecule has 0 fully saturated rings. The minimum absolute atomic E-state index is 0.0215. The first-order valence-corrected chi connectivity index (χ1v) is 5.72. The highest BCUT2D eigenvalue weighted by atomic mass is 32.1. The zero-order chi connectivity index (χ0) is 10.6. The molecule has 0 aliphatic carbocycles. The summed E-state index contributed by atoms with van der Waals surface area (Å²) in [5.41, 5.74) is -0.0215. The molecule has 1 rings (SSSR count). The molecule has 0 saturated heterocycles. The minimum Gasteiger partial charge on any atom is -0.396 e. The van der Waals surface area contributed by atoms with E-state index in [2.05, 4.69) is 38.2 Å². The highest BCUT2D eigenvalue weighted by Gasteiger charge is 2.15. The Kier molecular flexibility index (Phi) is 4.11. The van der Waals surface area contributed by atoms with Crippen molar-refractivity contribution < 1.29 is 5.11 Å². The summed E-state index contributed by atoms with van der Waals surface area (Å²) in [6, 6.07) is 4.29. The van der Waals surface area contributed by atoms with Crippen LogP contribution in [0.5, 0.6) is 0 Å². The maximum atomic E-state index is 9.06. The van der Waals surface area contributed by atoms with Crippen LogP contribution < -0.4 is 5.32 Å². The molecule has 0 aromatic carbocycles. The highest BCUT2D eigenvalue weighted by Crippen LogP contribution is 2.16. The van der Waals surface area contributed by atoms with Crippen LogP contribution in [0.15, 0.2) is 12.1 Å². The van der Waals surface area contributed by atoms with Crippen LogP contribution in [-0.4, -0.2) is 18.3 Å². The molecule has 2 nitrogen and oxygen atoms in total. The second-order valence-electron chi connectivity index (χ2n) is 4.44. The van der Waals surface area contributed by atoms with E-state index in [0.29, 0.717) is 0 Å². The Hall–Kier alpha value is -0.380. The number of aliphatic hydroxyl groups excluding tert-OH is 1. The first kappa shape index (κ1) is 11.7. The number of thiophene rings is 1. The molecule has 0 aliphatic heterocycles. The molecule has 0 atom stereocenters. The van der Waals surface area contributed by atoms with E-state index in [4.69, 9.17) is 5.11 Å². The van der Waals surface area contributed by atoms with Crippen molar-refractivity contribution in [2.45, 2.75) is 27.3 Å². The fraction of sp³-hybridized carbons (Fsp3) is 0.636. The molecule has 0 bridgehead atoms. The van der Waals surface area contributed by atoms with Gasteiger partial charge in [-0.1, -0.05) is 13.8 Å². The maximum absolute atomic E-state index is 9.06. The summed E-state index contributed by atoms with van der Waals surface area (Å²) < 4.78 is 0. The molecule has 3 heteroatoms. The van der Waals surface area contributed by atoms with Gasteiger partial charge in [-0.3, -0.25) is 0 Å². The van der Waals surface area contributed by atoms with E-state index < -0.39 is 0 Å². The van der Waals surface area contributed by atoms with Gasteiger partial charge in [-0.15, -0.1) is 11.3 Å². The highest BCUT2D eigenvalue weighted by molar-refractivity contribution is 7.11. The lowest BCUT2D eigenvalue weighted by molar-refractivity contribution is 0.157. The van der Waals surface area contributed by atoms with Gasteiger partial charge in [0, 0.05) is 34.9 Å². The van der Waals surface area contributed by atoms with Crippen molar-refractivity contribution >= 4 is 11.3 Å². The lowest BCUT2D eigenvalue weighted by atomic mass is 9.95. The average Bonchev–Trinajstić information content (AvgIpc) is 2.51. The minimum atomic E-state index is -0.0215. The van der Waals surface area contributed by atoms with E-state index in [1.54, 1.807) is 0 Å². The van der Waals surface area contributed by atoms with Crippen molar-refractivity contribution in [2.75, 3.05) is 13.2 Å². The van der Waals surface area contributed by atoms with Gasteiger partial charge in [0.25, 0.3) is 0 Å². The Morgan fingerprint density at radius 3 is 2.64 bits per heavy atom. The van der Waals surface area contributed by atoms with E-state index in [9.17, 15) is 0 Å². The van der Waals surface area contributed by atoms with Crippen LogP contribution in [-0.2, 0) is 6.54 Å². The Bertz CT molecular complexity index is 281. The first-order valence-electron chi connectivity index (χ1n) is 4.90. The van der Waals surface area contributed by atoms with E-state index in [-0.39, 0.29) is 12.0 Å². The summed E-state index contributed by atoms with van der Waals surface area (Å²) in [6.07, 6.45) is 0. The fourth-order valence-electron chi connectivity index (χ4n) is 1.16. The van der Waals surface area contributed by atoms with Gasteiger partial charge in [-0.05, 0) is 19.1 Å². The van der Waals surface area contributed by atoms with Crippen molar-refractivity contribution in [1.82, 2.24) is 5.32 Å².